The highest BCUT2D eigenvalue weighted by Crippen LogP contribution is 2.23. The van der Waals surface area contributed by atoms with Crippen molar-refractivity contribution in [2.75, 3.05) is 0 Å². The van der Waals surface area contributed by atoms with Crippen LogP contribution in [0.3, 0.4) is 0 Å². The Kier molecular flexibility index (Phi) is 3.23. The Labute approximate surface area is 81.0 Å². The van der Waals surface area contributed by atoms with Crippen LogP contribution in [0.15, 0.2) is 5.16 Å². The Hall–Kier alpha value is -1.66. The Bertz CT molecular complexity index is 378. The van der Waals surface area contributed by atoms with Gasteiger partial charge in [0.15, 0.2) is 23.3 Å². The largest absolute Gasteiger partial charge is 0.391 e. The normalized spacial score (nSPS) is 10.2. The lowest BCUT2D eigenvalue weighted by molar-refractivity contribution is 0.125. The van der Waals surface area contributed by atoms with Gasteiger partial charge in [0.05, 0.1) is 5.56 Å². The molecule has 15 heavy (non-hydrogen) atoms. The minimum absolute atomic E-state index is 0.880. The molecule has 0 unspecified atom stereocenters. The fourth-order valence-corrected chi connectivity index (χ4v) is 0.887. The van der Waals surface area contributed by atoms with E-state index in [0.29, 0.717) is 0 Å². The van der Waals surface area contributed by atoms with Crippen LogP contribution in [0.25, 0.3) is 0 Å². The summed E-state index contributed by atoms with van der Waals surface area (Å²) in [5.41, 5.74) is -1.08. The van der Waals surface area contributed by atoms with Gasteiger partial charge in [-0.25, -0.2) is 22.0 Å². The highest BCUT2D eigenvalue weighted by atomic mass is 19.2. The maximum atomic E-state index is 12.9. The van der Waals surface area contributed by atoms with Crippen molar-refractivity contribution in [2.45, 2.75) is 6.61 Å². The van der Waals surface area contributed by atoms with Crippen LogP contribution in [0.5, 0.6) is 0 Å². The molecule has 0 atom stereocenters. The van der Waals surface area contributed by atoms with E-state index in [1.807, 2.05) is 0 Å². The Morgan fingerprint density at radius 2 is 1.27 bits per heavy atom. The van der Waals surface area contributed by atoms with E-state index in [1.165, 1.54) is 0 Å². The third kappa shape index (κ3) is 1.90. The summed E-state index contributed by atoms with van der Waals surface area (Å²) >= 11 is 0. The Morgan fingerprint density at radius 3 is 1.67 bits per heavy atom. The number of halogens is 5. The van der Waals surface area contributed by atoms with Gasteiger partial charge < -0.3 is 4.84 Å². The predicted molar refractivity (Wildman–Crippen MR) is 40.6 cm³/mol. The van der Waals surface area contributed by atoms with E-state index in [0.717, 1.165) is 0 Å². The summed E-state index contributed by atoms with van der Waals surface area (Å²) in [5.74, 6) is -10.1. The van der Waals surface area contributed by atoms with Crippen molar-refractivity contribution < 1.29 is 26.8 Å². The summed E-state index contributed by atoms with van der Waals surface area (Å²) in [6, 6.07) is 0. The van der Waals surface area contributed by atoms with Gasteiger partial charge in [-0.05, 0) is 0 Å². The van der Waals surface area contributed by atoms with Gasteiger partial charge in [0.25, 0.3) is 0 Å². The first-order chi connectivity index (χ1) is 7.00. The van der Waals surface area contributed by atoms with Crippen LogP contribution < -0.4 is 0 Å². The summed E-state index contributed by atoms with van der Waals surface area (Å²) in [6.07, 6.45) is 0. The van der Waals surface area contributed by atoms with Gasteiger partial charge in [-0.2, -0.15) is 0 Å². The molecule has 0 bridgehead atoms. The van der Waals surface area contributed by atoms with E-state index in [4.69, 9.17) is 0 Å². The van der Waals surface area contributed by atoms with Gasteiger partial charge >= 0.3 is 0 Å². The molecule has 0 fully saturated rings. The van der Waals surface area contributed by atoms with E-state index in [-0.39, 0.29) is 0 Å². The molecule has 0 amide bonds. The fourth-order valence-electron chi connectivity index (χ4n) is 0.887. The SMILES string of the molecule is C=NOCc1c(F)c(F)c(F)c(F)c1F. The maximum absolute atomic E-state index is 12.9. The van der Waals surface area contributed by atoms with Gasteiger partial charge in [0, 0.05) is 6.72 Å². The predicted octanol–water partition coefficient (Wildman–Crippen LogP) is 2.51. The third-order valence-corrected chi connectivity index (χ3v) is 1.60. The number of nitrogens with zero attached hydrogens (tertiary/aromatic N) is 1. The van der Waals surface area contributed by atoms with Crippen LogP contribution in [0.2, 0.25) is 0 Å². The molecular formula is C8H4F5NO. The van der Waals surface area contributed by atoms with Crippen molar-refractivity contribution in [2.24, 2.45) is 5.16 Å². The average molecular weight is 225 g/mol. The molecule has 0 spiro atoms. The molecule has 0 saturated carbocycles. The molecule has 0 radical (unpaired) electrons. The molecule has 0 aliphatic heterocycles. The monoisotopic (exact) mass is 225 g/mol. The van der Waals surface area contributed by atoms with E-state index in [9.17, 15) is 22.0 Å². The number of benzene rings is 1. The van der Waals surface area contributed by atoms with Crippen LogP contribution in [-0.4, -0.2) is 6.72 Å². The van der Waals surface area contributed by atoms with E-state index < -0.39 is 41.3 Å². The molecule has 0 aromatic heterocycles. The quantitative estimate of drug-likeness (QED) is 0.254. The highest BCUT2D eigenvalue weighted by molar-refractivity contribution is 5.24. The third-order valence-electron chi connectivity index (χ3n) is 1.60. The van der Waals surface area contributed by atoms with Crippen molar-refractivity contribution >= 4 is 6.72 Å². The van der Waals surface area contributed by atoms with E-state index in [1.54, 1.807) is 0 Å². The number of rotatable bonds is 3. The molecule has 1 aromatic carbocycles. The van der Waals surface area contributed by atoms with Crippen LogP contribution in [0.4, 0.5) is 22.0 Å². The van der Waals surface area contributed by atoms with Crippen molar-refractivity contribution in [3.05, 3.63) is 34.6 Å². The lowest BCUT2D eigenvalue weighted by Gasteiger charge is -2.06. The molecule has 7 heteroatoms. The second kappa shape index (κ2) is 4.24. The van der Waals surface area contributed by atoms with Gasteiger partial charge in [0.1, 0.15) is 6.61 Å². The van der Waals surface area contributed by atoms with Crippen molar-refractivity contribution in [1.82, 2.24) is 0 Å². The standard InChI is InChI=1S/C8H4F5NO/c1-14-15-2-3-4(9)6(11)8(13)7(12)5(3)10/h1-2H2. The average Bonchev–Trinajstić information content (AvgIpc) is 2.24. The van der Waals surface area contributed by atoms with Crippen molar-refractivity contribution in [1.29, 1.82) is 0 Å². The highest BCUT2D eigenvalue weighted by Gasteiger charge is 2.25. The van der Waals surface area contributed by atoms with Crippen LogP contribution in [-0.2, 0) is 11.4 Å². The van der Waals surface area contributed by atoms with Crippen molar-refractivity contribution in [3.8, 4) is 0 Å². The first-order valence-corrected chi connectivity index (χ1v) is 3.59. The number of oxime groups is 1. The number of hydrogen-bond donors (Lipinski definition) is 0. The summed E-state index contributed by atoms with van der Waals surface area (Å²) in [5, 5.41) is 2.77. The molecule has 2 nitrogen and oxygen atoms in total. The lowest BCUT2D eigenvalue weighted by atomic mass is 10.2. The summed E-state index contributed by atoms with van der Waals surface area (Å²) in [4.78, 5) is 4.11. The molecule has 0 N–H and O–H groups in total. The minimum atomic E-state index is -2.21. The van der Waals surface area contributed by atoms with Gasteiger partial charge in [-0.3, -0.25) is 0 Å². The van der Waals surface area contributed by atoms with Crippen LogP contribution in [0, 0.1) is 29.1 Å². The molecule has 0 aliphatic carbocycles. The Balaban J connectivity index is 3.31. The molecule has 0 saturated heterocycles. The lowest BCUT2D eigenvalue weighted by Crippen LogP contribution is -2.07. The summed E-state index contributed by atoms with van der Waals surface area (Å²) in [6.45, 7) is 1.94. The fraction of sp³-hybridized carbons (Fsp3) is 0.125. The number of hydrogen-bond acceptors (Lipinski definition) is 2. The zero-order valence-electron chi connectivity index (χ0n) is 7.16. The van der Waals surface area contributed by atoms with E-state index in [2.05, 4.69) is 16.7 Å². The maximum Gasteiger partial charge on any atom is 0.200 e. The van der Waals surface area contributed by atoms with Gasteiger partial charge in [-0.15, -0.1) is 5.16 Å². The molecule has 1 aromatic rings. The summed E-state index contributed by atoms with van der Waals surface area (Å²) in [7, 11) is 0. The van der Waals surface area contributed by atoms with Crippen LogP contribution >= 0.6 is 0 Å². The Morgan fingerprint density at radius 1 is 0.867 bits per heavy atom. The second-order valence-electron chi connectivity index (χ2n) is 2.45. The second-order valence-corrected chi connectivity index (χ2v) is 2.45. The molecule has 0 aliphatic rings. The zero-order valence-corrected chi connectivity index (χ0v) is 7.16. The molecular weight excluding hydrogens is 221 g/mol. The topological polar surface area (TPSA) is 21.6 Å². The van der Waals surface area contributed by atoms with Gasteiger partial charge in [-0.1, -0.05) is 0 Å². The molecule has 82 valence electrons. The first kappa shape index (κ1) is 11.4. The van der Waals surface area contributed by atoms with E-state index >= 15 is 0 Å². The molecule has 1 rings (SSSR count). The van der Waals surface area contributed by atoms with Crippen LogP contribution in [0.1, 0.15) is 5.56 Å². The smallest absolute Gasteiger partial charge is 0.200 e. The first-order valence-electron chi connectivity index (χ1n) is 3.59. The zero-order chi connectivity index (χ0) is 11.6. The molecule has 0 heterocycles. The minimum Gasteiger partial charge on any atom is -0.391 e. The van der Waals surface area contributed by atoms with Crippen molar-refractivity contribution in [3.63, 3.8) is 0 Å². The van der Waals surface area contributed by atoms with Gasteiger partial charge in [0.2, 0.25) is 5.82 Å². The summed E-state index contributed by atoms with van der Waals surface area (Å²) < 4.78 is 63.4.